The Kier molecular flexibility index (Phi) is 10.8. The van der Waals surface area contributed by atoms with Crippen molar-refractivity contribution in [2.75, 3.05) is 58.3 Å². The number of Topliss-reactive ketones (excluding diaryl/α,β-unsaturated/α-hetero) is 4. The van der Waals surface area contributed by atoms with Crippen LogP contribution in [-0.4, -0.2) is 127 Å². The molecule has 2 unspecified atom stereocenters. The van der Waals surface area contributed by atoms with Crippen LogP contribution in [-0.2, 0) is 39.9 Å². The van der Waals surface area contributed by atoms with Gasteiger partial charge in [0.05, 0.1) is 29.5 Å². The molecule has 18 heteroatoms. The number of primary amides is 1. The van der Waals surface area contributed by atoms with Gasteiger partial charge in [-0.3, -0.25) is 38.6 Å². The van der Waals surface area contributed by atoms with E-state index in [4.69, 9.17) is 19.6 Å². The highest BCUT2D eigenvalue weighted by Crippen LogP contribution is 2.52. The summed E-state index contributed by atoms with van der Waals surface area (Å²) < 4.78 is 14.8. The number of carbonyl (C=O) groups excluding carboxylic acids is 8. The highest BCUT2D eigenvalue weighted by Gasteiger charge is 2.69. The number of anilines is 2. The quantitative estimate of drug-likeness (QED) is 0.103. The minimum absolute atomic E-state index is 0.0156. The lowest BCUT2D eigenvalue weighted by Crippen LogP contribution is -2.74. The fraction of sp³-hybridized carbons (Fsp3) is 0.486. The van der Waals surface area contributed by atoms with Gasteiger partial charge in [-0.05, 0) is 63.0 Å². The maximum Gasteiger partial charge on any atom is 0.413 e. The fourth-order valence-electron chi connectivity index (χ4n) is 7.70. The van der Waals surface area contributed by atoms with Gasteiger partial charge in [-0.1, -0.05) is 6.92 Å². The zero-order valence-corrected chi connectivity index (χ0v) is 29.7. The van der Waals surface area contributed by atoms with Gasteiger partial charge in [-0.15, -0.1) is 0 Å². The molecule has 3 aliphatic carbocycles. The number of benzene rings is 1. The predicted octanol–water partition coefficient (Wildman–Crippen LogP) is 0.128. The van der Waals surface area contributed by atoms with E-state index >= 15 is 0 Å². The first kappa shape index (κ1) is 38.6. The summed E-state index contributed by atoms with van der Waals surface area (Å²) in [4.78, 5) is 110. The van der Waals surface area contributed by atoms with Crippen molar-refractivity contribution in [3.05, 3.63) is 41.3 Å². The van der Waals surface area contributed by atoms with Gasteiger partial charge in [0.1, 0.15) is 12.3 Å². The third kappa shape index (κ3) is 6.74. The second-order valence-electron chi connectivity index (χ2n) is 13.7. The normalized spacial score (nSPS) is 24.8. The Labute approximate surface area is 303 Å². The lowest BCUT2D eigenvalue weighted by atomic mass is 9.52. The summed E-state index contributed by atoms with van der Waals surface area (Å²) in [6, 6.07) is 3.01. The topological polar surface area (TPSA) is 256 Å². The molecule has 53 heavy (non-hydrogen) atoms. The van der Waals surface area contributed by atoms with E-state index in [9.17, 15) is 48.6 Å². The highest BCUT2D eigenvalue weighted by atomic mass is 16.7. The van der Waals surface area contributed by atoms with Crippen molar-refractivity contribution in [1.82, 2.24) is 9.80 Å². The molecule has 0 spiro atoms. The SMILES string of the molecule is CCCN(CC(=O)Nc1cc(N(C)C)c2c(c1O)C(=O)C1C(=O)[C@]3(O)C(=O)C(C(N)=O)C(=O)[C@@H](N(C)C)[C@@H]3C[C@@H]1C2)C(=O)OCOC(=O)c1ccco1. The monoisotopic (exact) mass is 739 g/mol. The molecule has 3 aliphatic rings. The second-order valence-corrected chi connectivity index (χ2v) is 13.7. The number of rotatable bonds is 11. The zero-order chi connectivity index (χ0) is 39.1. The summed E-state index contributed by atoms with van der Waals surface area (Å²) in [6.45, 7) is 0.455. The molecule has 2 saturated carbocycles. The van der Waals surface area contributed by atoms with Crippen molar-refractivity contribution in [1.29, 1.82) is 0 Å². The number of aromatic hydroxyl groups is 1. The number of aliphatic hydroxyl groups is 1. The van der Waals surface area contributed by atoms with E-state index in [1.165, 1.54) is 43.5 Å². The van der Waals surface area contributed by atoms with E-state index in [1.807, 2.05) is 0 Å². The number of ether oxygens (including phenoxy) is 2. The molecule has 2 fully saturated rings. The molecule has 18 nitrogen and oxygen atoms in total. The molecular formula is C35H41N5O13. The molecule has 1 heterocycles. The van der Waals surface area contributed by atoms with Crippen LogP contribution in [0.5, 0.6) is 5.75 Å². The van der Waals surface area contributed by atoms with Crippen molar-refractivity contribution in [3.63, 3.8) is 0 Å². The number of likely N-dealkylation sites (N-methyl/N-ethyl adjacent to an activating group) is 1. The summed E-state index contributed by atoms with van der Waals surface area (Å²) in [7, 11) is 6.30. The van der Waals surface area contributed by atoms with Crippen LogP contribution in [0.25, 0.3) is 0 Å². The second kappa shape index (κ2) is 14.8. The van der Waals surface area contributed by atoms with Gasteiger partial charge in [-0.25, -0.2) is 9.59 Å². The molecule has 0 bridgehead atoms. The number of esters is 1. The summed E-state index contributed by atoms with van der Waals surface area (Å²) in [6.07, 6.45) is 0.579. The first-order valence-electron chi connectivity index (χ1n) is 16.8. The lowest BCUT2D eigenvalue weighted by Gasteiger charge is -2.52. The smallest absolute Gasteiger partial charge is 0.413 e. The molecule has 284 valence electrons. The molecular weight excluding hydrogens is 698 g/mol. The summed E-state index contributed by atoms with van der Waals surface area (Å²) in [5.74, 6) is -14.0. The van der Waals surface area contributed by atoms with Crippen LogP contribution < -0.4 is 16.0 Å². The van der Waals surface area contributed by atoms with E-state index in [1.54, 1.807) is 25.9 Å². The summed E-state index contributed by atoms with van der Waals surface area (Å²) in [5, 5.41) is 25.8. The van der Waals surface area contributed by atoms with Crippen LogP contribution >= 0.6 is 0 Å². The van der Waals surface area contributed by atoms with E-state index in [0.29, 0.717) is 17.7 Å². The number of hydrogen-bond acceptors (Lipinski definition) is 15. The van der Waals surface area contributed by atoms with Crippen molar-refractivity contribution in [2.45, 2.75) is 37.8 Å². The Morgan fingerprint density at radius 1 is 1.08 bits per heavy atom. The number of carbonyl (C=O) groups is 8. The van der Waals surface area contributed by atoms with Gasteiger partial charge in [0.25, 0.3) is 0 Å². The number of phenols is 1. The van der Waals surface area contributed by atoms with Crippen molar-refractivity contribution in [3.8, 4) is 5.75 Å². The molecule has 0 aliphatic heterocycles. The van der Waals surface area contributed by atoms with Crippen molar-refractivity contribution >= 4 is 58.4 Å². The number of fused-ring (bicyclic) bond motifs is 3. The molecule has 6 atom stereocenters. The van der Waals surface area contributed by atoms with Crippen LogP contribution in [0.3, 0.4) is 0 Å². The van der Waals surface area contributed by atoms with Gasteiger partial charge in [0.15, 0.2) is 34.7 Å². The van der Waals surface area contributed by atoms with Gasteiger partial charge in [0.2, 0.25) is 24.4 Å². The molecule has 5 rings (SSSR count). The predicted molar refractivity (Wildman–Crippen MR) is 182 cm³/mol. The fourth-order valence-corrected chi connectivity index (χ4v) is 7.70. The number of amides is 3. The van der Waals surface area contributed by atoms with Gasteiger partial charge < -0.3 is 40.1 Å². The minimum atomic E-state index is -2.89. The number of phenolic OH excluding ortho intramolecular Hbond substituents is 1. The van der Waals surface area contributed by atoms with Gasteiger partial charge in [-0.2, -0.15) is 0 Å². The number of furan rings is 1. The molecule has 1 aromatic heterocycles. The average molecular weight is 740 g/mol. The molecule has 0 saturated heterocycles. The summed E-state index contributed by atoms with van der Waals surface area (Å²) in [5.41, 5.74) is 2.67. The molecule has 1 aromatic carbocycles. The standard InChI is InChI=1S/C35H41N5O13/c1-6-9-40(34(49)53-15-52-33(48)21-8-7-10-51-21)14-22(41)37-19-13-20(38(2)3)17-11-16-12-18-26(39(4)5)29(44)25(32(36)47)31(46)35(18,50)30(45)23(16)28(43)24(17)27(19)42/h7-8,10,13,16,18,23,25-26,42,50H,6,9,11-12,14-15H2,1-5H3,(H2,36,47)(H,37,41)/t16-,18-,23?,25?,26-,35-/m0/s1. The van der Waals surface area contributed by atoms with Gasteiger partial charge in [0, 0.05) is 32.2 Å². The average Bonchev–Trinajstić information content (AvgIpc) is 3.62. The Morgan fingerprint density at radius 2 is 1.77 bits per heavy atom. The van der Waals surface area contributed by atoms with Crippen LogP contribution in [0.4, 0.5) is 16.2 Å². The molecule has 3 amide bonds. The van der Waals surface area contributed by atoms with Crippen LogP contribution in [0, 0.1) is 23.7 Å². The number of nitrogens with two attached hydrogens (primary N) is 1. The zero-order valence-electron chi connectivity index (χ0n) is 29.7. The van der Waals surface area contributed by atoms with E-state index in [0.717, 1.165) is 4.90 Å². The van der Waals surface area contributed by atoms with Crippen LogP contribution in [0.1, 0.15) is 46.2 Å². The lowest BCUT2D eigenvalue weighted by molar-refractivity contribution is -0.181. The van der Waals surface area contributed by atoms with Crippen LogP contribution in [0.15, 0.2) is 28.9 Å². The van der Waals surface area contributed by atoms with E-state index in [2.05, 4.69) is 5.32 Å². The number of nitrogens with one attached hydrogen (secondary N) is 1. The first-order valence-corrected chi connectivity index (χ1v) is 16.8. The summed E-state index contributed by atoms with van der Waals surface area (Å²) >= 11 is 0. The maximum absolute atomic E-state index is 14.3. The van der Waals surface area contributed by atoms with Crippen molar-refractivity contribution in [2.24, 2.45) is 29.4 Å². The third-order valence-corrected chi connectivity index (χ3v) is 9.97. The Hall–Kier alpha value is -5.62. The molecule has 5 N–H and O–H groups in total. The Balaban J connectivity index is 1.41. The molecule has 2 aromatic rings. The largest absolute Gasteiger partial charge is 0.505 e. The highest BCUT2D eigenvalue weighted by molar-refractivity contribution is 6.32. The van der Waals surface area contributed by atoms with Crippen molar-refractivity contribution < 1.29 is 62.5 Å². The Bertz CT molecular complexity index is 1870. The number of ketones is 4. The van der Waals surface area contributed by atoms with E-state index < -0.39 is 101 Å². The molecule has 0 radical (unpaired) electrons. The third-order valence-electron chi connectivity index (χ3n) is 9.97. The first-order chi connectivity index (χ1) is 24.9. The van der Waals surface area contributed by atoms with Gasteiger partial charge >= 0.3 is 12.1 Å². The number of nitrogens with zero attached hydrogens (tertiary/aromatic N) is 3. The van der Waals surface area contributed by atoms with E-state index in [-0.39, 0.29) is 36.4 Å². The number of hydrogen-bond donors (Lipinski definition) is 4. The van der Waals surface area contributed by atoms with Crippen LogP contribution in [0.2, 0.25) is 0 Å². The minimum Gasteiger partial charge on any atom is -0.505 e. The Morgan fingerprint density at radius 3 is 2.36 bits per heavy atom. The maximum atomic E-state index is 14.3.